The van der Waals surface area contributed by atoms with Crippen molar-refractivity contribution in [2.24, 2.45) is 17.3 Å². The zero-order valence-electron chi connectivity index (χ0n) is 14.5. The van der Waals surface area contributed by atoms with E-state index in [0.717, 1.165) is 19.3 Å². The van der Waals surface area contributed by atoms with Crippen LogP contribution in [0.1, 0.15) is 44.1 Å². The van der Waals surface area contributed by atoms with Crippen LogP contribution in [0.15, 0.2) is 30.3 Å². The van der Waals surface area contributed by atoms with E-state index in [2.05, 4.69) is 35.6 Å². The molecular formula is C20H26N2OS. The number of rotatable bonds is 2. The van der Waals surface area contributed by atoms with Crippen molar-refractivity contribution in [3.05, 3.63) is 35.9 Å². The van der Waals surface area contributed by atoms with Crippen molar-refractivity contribution in [2.75, 3.05) is 14.1 Å². The lowest BCUT2D eigenvalue weighted by Crippen LogP contribution is -2.60. The second kappa shape index (κ2) is 5.55. The molecule has 2 unspecified atom stereocenters. The maximum absolute atomic E-state index is 13.2. The standard InChI is InChI=1S/C20H26N2OS/c1-22(2)18(24)21-17(23)20-11-14-8-15(12-20)10-19(9-14,13-20)16-6-4-3-5-7-16/h3-7,14-15H,8-13H2,1-2H3,(H,21,23,24). The van der Waals surface area contributed by atoms with Gasteiger partial charge in [0.1, 0.15) is 0 Å². The van der Waals surface area contributed by atoms with Crippen LogP contribution in [-0.4, -0.2) is 30.0 Å². The quantitative estimate of drug-likeness (QED) is 0.835. The lowest BCUT2D eigenvalue weighted by molar-refractivity contribution is -0.147. The molecule has 0 aliphatic heterocycles. The minimum atomic E-state index is -0.222. The normalized spacial score (nSPS) is 36.4. The van der Waals surface area contributed by atoms with E-state index in [4.69, 9.17) is 12.2 Å². The van der Waals surface area contributed by atoms with Gasteiger partial charge in [-0.05, 0) is 73.6 Å². The molecule has 0 aromatic heterocycles. The molecule has 4 fully saturated rings. The monoisotopic (exact) mass is 342 g/mol. The number of thiocarbonyl (C=S) groups is 1. The summed E-state index contributed by atoms with van der Waals surface area (Å²) in [5.74, 6) is 1.53. The molecule has 0 radical (unpaired) electrons. The van der Waals surface area contributed by atoms with Crippen LogP contribution in [0.25, 0.3) is 0 Å². The third-order valence-corrected chi connectivity index (χ3v) is 7.02. The zero-order chi connectivity index (χ0) is 16.9. The van der Waals surface area contributed by atoms with Gasteiger partial charge in [-0.25, -0.2) is 0 Å². The Labute approximate surface area is 149 Å². The predicted octanol–water partition coefficient (Wildman–Crippen LogP) is 3.49. The first kappa shape index (κ1) is 16.1. The van der Waals surface area contributed by atoms with E-state index in [-0.39, 0.29) is 16.7 Å². The fourth-order valence-corrected chi connectivity index (χ4v) is 6.09. The largest absolute Gasteiger partial charge is 0.355 e. The average Bonchev–Trinajstić information content (AvgIpc) is 2.54. The van der Waals surface area contributed by atoms with E-state index >= 15 is 0 Å². The van der Waals surface area contributed by atoms with Crippen molar-refractivity contribution < 1.29 is 4.79 Å². The Hall–Kier alpha value is -1.42. The highest BCUT2D eigenvalue weighted by atomic mass is 32.1. The summed E-state index contributed by atoms with van der Waals surface area (Å²) in [6.07, 6.45) is 6.88. The van der Waals surface area contributed by atoms with Gasteiger partial charge >= 0.3 is 0 Å². The van der Waals surface area contributed by atoms with E-state index in [1.165, 1.54) is 24.8 Å². The van der Waals surface area contributed by atoms with E-state index in [1.807, 2.05) is 14.1 Å². The van der Waals surface area contributed by atoms with Crippen LogP contribution in [0.3, 0.4) is 0 Å². The highest BCUT2D eigenvalue weighted by Gasteiger charge is 2.60. The molecule has 4 saturated carbocycles. The van der Waals surface area contributed by atoms with Gasteiger partial charge in [-0.3, -0.25) is 4.79 Å². The average molecular weight is 343 g/mol. The number of carbonyl (C=O) groups excluding carboxylic acids is 1. The maximum atomic E-state index is 13.2. The second-order valence-corrected chi connectivity index (χ2v) is 8.93. The highest BCUT2D eigenvalue weighted by molar-refractivity contribution is 7.80. The van der Waals surface area contributed by atoms with Crippen molar-refractivity contribution >= 4 is 23.2 Å². The number of hydrogen-bond donors (Lipinski definition) is 1. The van der Waals surface area contributed by atoms with E-state index in [9.17, 15) is 4.79 Å². The van der Waals surface area contributed by atoms with Crippen molar-refractivity contribution in [2.45, 2.75) is 43.9 Å². The van der Waals surface area contributed by atoms with Crippen LogP contribution >= 0.6 is 12.2 Å². The maximum Gasteiger partial charge on any atom is 0.232 e. The molecule has 0 heterocycles. The van der Waals surface area contributed by atoms with Gasteiger partial charge in [0.05, 0.1) is 5.41 Å². The summed E-state index contributed by atoms with van der Waals surface area (Å²) in [7, 11) is 3.77. The summed E-state index contributed by atoms with van der Waals surface area (Å²) in [6.45, 7) is 0. The van der Waals surface area contributed by atoms with Crippen LogP contribution in [0.2, 0.25) is 0 Å². The fraction of sp³-hybridized carbons (Fsp3) is 0.600. The Morgan fingerprint density at radius 2 is 1.75 bits per heavy atom. The molecule has 2 atom stereocenters. The van der Waals surface area contributed by atoms with Crippen molar-refractivity contribution in [1.29, 1.82) is 0 Å². The van der Waals surface area contributed by atoms with Gasteiger partial charge in [-0.1, -0.05) is 30.3 Å². The summed E-state index contributed by atoms with van der Waals surface area (Å²) in [6, 6.07) is 10.9. The number of carbonyl (C=O) groups is 1. The first-order valence-electron chi connectivity index (χ1n) is 9.01. The molecule has 5 rings (SSSR count). The molecule has 3 nitrogen and oxygen atoms in total. The number of nitrogens with zero attached hydrogens (tertiary/aromatic N) is 1. The second-order valence-electron chi connectivity index (χ2n) is 8.54. The zero-order valence-corrected chi connectivity index (χ0v) is 15.4. The molecule has 0 spiro atoms. The van der Waals surface area contributed by atoms with Crippen LogP contribution in [0.5, 0.6) is 0 Å². The van der Waals surface area contributed by atoms with Gasteiger partial charge in [0.15, 0.2) is 5.11 Å². The SMILES string of the molecule is CN(C)C(=S)NC(=O)C12CC3CC(C1)CC(c1ccccc1)(C3)C2. The fourth-order valence-electron chi connectivity index (χ4n) is 6.00. The molecule has 1 aromatic carbocycles. The summed E-state index contributed by atoms with van der Waals surface area (Å²) in [5, 5.41) is 3.56. The number of nitrogens with one attached hydrogen (secondary N) is 1. The van der Waals surface area contributed by atoms with Gasteiger partial charge < -0.3 is 10.2 Å². The van der Waals surface area contributed by atoms with Crippen LogP contribution in [-0.2, 0) is 10.2 Å². The third-order valence-electron chi connectivity index (χ3n) is 6.56. The molecule has 1 amide bonds. The Balaban J connectivity index is 1.66. The molecule has 4 aliphatic carbocycles. The minimum absolute atomic E-state index is 0.163. The summed E-state index contributed by atoms with van der Waals surface area (Å²) >= 11 is 5.32. The Morgan fingerprint density at radius 3 is 2.33 bits per heavy atom. The van der Waals surface area contributed by atoms with Gasteiger partial charge in [-0.2, -0.15) is 0 Å². The smallest absolute Gasteiger partial charge is 0.232 e. The molecule has 1 aromatic rings. The molecule has 24 heavy (non-hydrogen) atoms. The molecule has 4 bridgehead atoms. The molecule has 128 valence electrons. The number of hydrogen-bond acceptors (Lipinski definition) is 2. The van der Waals surface area contributed by atoms with Crippen LogP contribution < -0.4 is 5.32 Å². The lowest BCUT2D eigenvalue weighted by Gasteiger charge is -2.61. The molecule has 4 heteroatoms. The first-order chi connectivity index (χ1) is 11.4. The van der Waals surface area contributed by atoms with Crippen LogP contribution in [0.4, 0.5) is 0 Å². The van der Waals surface area contributed by atoms with Gasteiger partial charge in [0.25, 0.3) is 0 Å². The molecule has 0 saturated heterocycles. The third kappa shape index (κ3) is 2.46. The minimum Gasteiger partial charge on any atom is -0.355 e. The van der Waals surface area contributed by atoms with Crippen molar-refractivity contribution in [1.82, 2.24) is 10.2 Å². The van der Waals surface area contributed by atoms with Gasteiger partial charge in [-0.15, -0.1) is 0 Å². The van der Waals surface area contributed by atoms with E-state index in [1.54, 1.807) is 4.90 Å². The Kier molecular flexibility index (Phi) is 3.72. The highest BCUT2D eigenvalue weighted by Crippen LogP contribution is 2.65. The van der Waals surface area contributed by atoms with Crippen molar-refractivity contribution in [3.63, 3.8) is 0 Å². The Bertz CT molecular complexity index is 655. The summed E-state index contributed by atoms with van der Waals surface area (Å²) in [4.78, 5) is 15.0. The topological polar surface area (TPSA) is 32.3 Å². The van der Waals surface area contributed by atoms with Gasteiger partial charge in [0, 0.05) is 14.1 Å². The number of amides is 1. The first-order valence-corrected chi connectivity index (χ1v) is 9.42. The number of benzene rings is 1. The van der Waals surface area contributed by atoms with Crippen molar-refractivity contribution in [3.8, 4) is 0 Å². The van der Waals surface area contributed by atoms with E-state index in [0.29, 0.717) is 16.9 Å². The molecular weight excluding hydrogens is 316 g/mol. The molecule has 1 N–H and O–H groups in total. The Morgan fingerprint density at radius 1 is 1.12 bits per heavy atom. The molecule has 4 aliphatic rings. The lowest BCUT2D eigenvalue weighted by atomic mass is 9.42. The van der Waals surface area contributed by atoms with Crippen LogP contribution in [0, 0.1) is 17.3 Å². The van der Waals surface area contributed by atoms with E-state index < -0.39 is 0 Å². The summed E-state index contributed by atoms with van der Waals surface area (Å²) in [5.41, 5.74) is 1.41. The van der Waals surface area contributed by atoms with Gasteiger partial charge in [0.2, 0.25) is 5.91 Å². The summed E-state index contributed by atoms with van der Waals surface area (Å²) < 4.78 is 0. The predicted molar refractivity (Wildman–Crippen MR) is 99.7 cm³/mol.